The molecule has 18 heavy (non-hydrogen) atoms. The SMILES string of the molecule is COC(=O)[C@@H](Cc1cccc(Cl)c1)NC(=O)CO. The number of hydrogen-bond acceptors (Lipinski definition) is 4. The fourth-order valence-corrected chi connectivity index (χ4v) is 1.69. The highest BCUT2D eigenvalue weighted by molar-refractivity contribution is 6.30. The Hall–Kier alpha value is -1.59. The molecule has 0 saturated carbocycles. The summed E-state index contributed by atoms with van der Waals surface area (Å²) in [6.07, 6.45) is 0.249. The zero-order valence-electron chi connectivity index (χ0n) is 9.85. The molecule has 0 spiro atoms. The van der Waals surface area contributed by atoms with Crippen molar-refractivity contribution < 1.29 is 19.4 Å². The Kier molecular flexibility index (Phi) is 5.61. The molecule has 0 saturated heterocycles. The van der Waals surface area contributed by atoms with Gasteiger partial charge in [0.1, 0.15) is 12.6 Å². The van der Waals surface area contributed by atoms with Crippen LogP contribution in [0.2, 0.25) is 5.02 Å². The lowest BCUT2D eigenvalue weighted by Crippen LogP contribution is -2.44. The number of rotatable bonds is 5. The lowest BCUT2D eigenvalue weighted by atomic mass is 10.1. The molecule has 0 unspecified atom stereocenters. The number of benzene rings is 1. The van der Waals surface area contributed by atoms with Crippen LogP contribution < -0.4 is 5.32 Å². The maximum Gasteiger partial charge on any atom is 0.328 e. The Morgan fingerprint density at radius 2 is 2.22 bits per heavy atom. The molecule has 1 aromatic rings. The van der Waals surface area contributed by atoms with Crippen LogP contribution in [0.4, 0.5) is 0 Å². The monoisotopic (exact) mass is 271 g/mol. The van der Waals surface area contributed by atoms with Crippen molar-refractivity contribution >= 4 is 23.5 Å². The topological polar surface area (TPSA) is 75.6 Å². The predicted octanol–water partition coefficient (Wildman–Crippen LogP) is 0.533. The van der Waals surface area contributed by atoms with Gasteiger partial charge in [0.25, 0.3) is 0 Å². The van der Waals surface area contributed by atoms with E-state index in [-0.39, 0.29) is 6.42 Å². The molecule has 0 bridgehead atoms. The van der Waals surface area contributed by atoms with Crippen molar-refractivity contribution in [1.82, 2.24) is 5.32 Å². The summed E-state index contributed by atoms with van der Waals surface area (Å²) in [4.78, 5) is 22.6. The molecule has 0 aliphatic carbocycles. The zero-order valence-corrected chi connectivity index (χ0v) is 10.6. The number of halogens is 1. The molecule has 0 aliphatic rings. The van der Waals surface area contributed by atoms with Gasteiger partial charge in [0.05, 0.1) is 7.11 Å². The lowest BCUT2D eigenvalue weighted by Gasteiger charge is -2.16. The Bertz CT molecular complexity index is 436. The van der Waals surface area contributed by atoms with Gasteiger partial charge in [0.15, 0.2) is 0 Å². The third-order valence-electron chi connectivity index (χ3n) is 2.29. The number of aliphatic hydroxyl groups is 1. The first-order chi connectivity index (χ1) is 8.56. The maximum atomic E-state index is 11.5. The third kappa shape index (κ3) is 4.35. The van der Waals surface area contributed by atoms with E-state index < -0.39 is 24.5 Å². The summed E-state index contributed by atoms with van der Waals surface area (Å²) < 4.78 is 4.59. The zero-order chi connectivity index (χ0) is 13.5. The van der Waals surface area contributed by atoms with Crippen molar-refractivity contribution in [1.29, 1.82) is 0 Å². The number of hydrogen-bond donors (Lipinski definition) is 2. The molecule has 98 valence electrons. The van der Waals surface area contributed by atoms with Crippen LogP contribution >= 0.6 is 11.6 Å². The van der Waals surface area contributed by atoms with Crippen molar-refractivity contribution in [2.45, 2.75) is 12.5 Å². The van der Waals surface area contributed by atoms with Crippen LogP contribution in [0.5, 0.6) is 0 Å². The van der Waals surface area contributed by atoms with E-state index in [1.165, 1.54) is 7.11 Å². The molecule has 0 fully saturated rings. The number of esters is 1. The molecule has 1 atom stereocenters. The van der Waals surface area contributed by atoms with Gasteiger partial charge in [-0.2, -0.15) is 0 Å². The van der Waals surface area contributed by atoms with Gasteiger partial charge in [-0.15, -0.1) is 0 Å². The Morgan fingerprint density at radius 1 is 1.50 bits per heavy atom. The van der Waals surface area contributed by atoms with Gasteiger partial charge < -0.3 is 15.2 Å². The van der Waals surface area contributed by atoms with Crippen LogP contribution in [-0.2, 0) is 20.7 Å². The Morgan fingerprint density at radius 3 is 2.78 bits per heavy atom. The summed E-state index contributed by atoms with van der Waals surface area (Å²) in [7, 11) is 1.23. The van der Waals surface area contributed by atoms with Gasteiger partial charge in [0.2, 0.25) is 5.91 Å². The van der Waals surface area contributed by atoms with Crippen molar-refractivity contribution in [2.24, 2.45) is 0 Å². The van der Waals surface area contributed by atoms with Crippen molar-refractivity contribution in [3.8, 4) is 0 Å². The minimum Gasteiger partial charge on any atom is -0.467 e. The molecule has 1 amide bonds. The average molecular weight is 272 g/mol. The second-order valence-electron chi connectivity index (χ2n) is 3.64. The van der Waals surface area contributed by atoms with Gasteiger partial charge in [0, 0.05) is 11.4 Å². The summed E-state index contributed by atoms with van der Waals surface area (Å²) in [6.45, 7) is -0.678. The molecule has 6 heteroatoms. The fraction of sp³-hybridized carbons (Fsp3) is 0.333. The minimum atomic E-state index is -0.840. The Labute approximate surface area is 110 Å². The summed E-state index contributed by atoms with van der Waals surface area (Å²) in [5.41, 5.74) is 0.788. The summed E-state index contributed by atoms with van der Waals surface area (Å²) in [6, 6.07) is 6.10. The van der Waals surface area contributed by atoms with Crippen molar-refractivity contribution in [2.75, 3.05) is 13.7 Å². The van der Waals surface area contributed by atoms with E-state index in [2.05, 4.69) is 10.1 Å². The number of ether oxygens (including phenoxy) is 1. The quantitative estimate of drug-likeness (QED) is 0.766. The van der Waals surface area contributed by atoms with E-state index in [9.17, 15) is 9.59 Å². The van der Waals surface area contributed by atoms with Crippen LogP contribution in [0.1, 0.15) is 5.56 Å². The molecular formula is C12H14ClNO4. The van der Waals surface area contributed by atoms with Crippen LogP contribution in [0.15, 0.2) is 24.3 Å². The number of methoxy groups -OCH3 is 1. The second-order valence-corrected chi connectivity index (χ2v) is 4.07. The molecule has 0 aliphatic heterocycles. The molecule has 5 nitrogen and oxygen atoms in total. The molecule has 0 heterocycles. The van der Waals surface area contributed by atoms with E-state index >= 15 is 0 Å². The molecular weight excluding hydrogens is 258 g/mol. The van der Waals surface area contributed by atoms with E-state index in [0.717, 1.165) is 5.56 Å². The molecule has 0 aromatic heterocycles. The van der Waals surface area contributed by atoms with E-state index in [1.54, 1.807) is 24.3 Å². The van der Waals surface area contributed by atoms with Gasteiger partial charge >= 0.3 is 5.97 Å². The van der Waals surface area contributed by atoms with E-state index in [4.69, 9.17) is 16.7 Å². The highest BCUT2D eigenvalue weighted by Gasteiger charge is 2.21. The first-order valence-corrected chi connectivity index (χ1v) is 5.67. The Balaban J connectivity index is 2.78. The van der Waals surface area contributed by atoms with Crippen LogP contribution in [0.25, 0.3) is 0 Å². The average Bonchev–Trinajstić information content (AvgIpc) is 2.36. The highest BCUT2D eigenvalue weighted by atomic mass is 35.5. The van der Waals surface area contributed by atoms with Gasteiger partial charge in [-0.05, 0) is 17.7 Å². The highest BCUT2D eigenvalue weighted by Crippen LogP contribution is 2.12. The van der Waals surface area contributed by atoms with Crippen LogP contribution in [0, 0.1) is 0 Å². The minimum absolute atomic E-state index is 0.249. The number of amides is 1. The van der Waals surface area contributed by atoms with Gasteiger partial charge in [-0.25, -0.2) is 4.79 Å². The number of carbonyl (C=O) groups is 2. The predicted molar refractivity (Wildman–Crippen MR) is 66.2 cm³/mol. The van der Waals surface area contributed by atoms with E-state index in [1.807, 2.05) is 0 Å². The standard InChI is InChI=1S/C12H14ClNO4/c1-18-12(17)10(14-11(16)7-15)6-8-3-2-4-9(13)5-8/h2-5,10,15H,6-7H2,1H3,(H,14,16)/t10-/m1/s1. The maximum absolute atomic E-state index is 11.5. The molecule has 1 aromatic carbocycles. The van der Waals surface area contributed by atoms with Crippen molar-refractivity contribution in [3.63, 3.8) is 0 Å². The van der Waals surface area contributed by atoms with Crippen molar-refractivity contribution in [3.05, 3.63) is 34.9 Å². The first-order valence-electron chi connectivity index (χ1n) is 5.29. The number of aliphatic hydroxyl groups excluding tert-OH is 1. The molecule has 1 rings (SSSR count). The summed E-state index contributed by atoms with van der Waals surface area (Å²) in [5.74, 6) is -1.20. The summed E-state index contributed by atoms with van der Waals surface area (Å²) in [5, 5.41) is 11.6. The van der Waals surface area contributed by atoms with Crippen LogP contribution in [-0.4, -0.2) is 36.7 Å². The second kappa shape index (κ2) is 6.98. The van der Waals surface area contributed by atoms with Gasteiger partial charge in [-0.1, -0.05) is 23.7 Å². The van der Waals surface area contributed by atoms with Crippen LogP contribution in [0.3, 0.4) is 0 Å². The summed E-state index contributed by atoms with van der Waals surface area (Å²) >= 11 is 5.83. The lowest BCUT2D eigenvalue weighted by molar-refractivity contribution is -0.145. The normalized spacial score (nSPS) is 11.7. The fourth-order valence-electron chi connectivity index (χ4n) is 1.48. The largest absolute Gasteiger partial charge is 0.467 e. The van der Waals surface area contributed by atoms with Gasteiger partial charge in [-0.3, -0.25) is 4.79 Å². The number of carbonyl (C=O) groups excluding carboxylic acids is 2. The third-order valence-corrected chi connectivity index (χ3v) is 2.53. The number of nitrogens with one attached hydrogen (secondary N) is 1. The molecule has 0 radical (unpaired) electrons. The first kappa shape index (κ1) is 14.5. The molecule has 2 N–H and O–H groups in total. The smallest absolute Gasteiger partial charge is 0.328 e. The van der Waals surface area contributed by atoms with E-state index in [0.29, 0.717) is 5.02 Å².